The zero-order valence-electron chi connectivity index (χ0n) is 9.41. The van der Waals surface area contributed by atoms with Crippen LogP contribution < -0.4 is 15.2 Å². The lowest BCUT2D eigenvalue weighted by Crippen LogP contribution is -1.95. The van der Waals surface area contributed by atoms with Gasteiger partial charge in [-0.2, -0.15) is 0 Å². The molecule has 0 spiro atoms. The van der Waals surface area contributed by atoms with Gasteiger partial charge in [-0.3, -0.25) is 0 Å². The van der Waals surface area contributed by atoms with Crippen LogP contribution in [0.1, 0.15) is 11.1 Å². The maximum atomic E-state index is 5.42. The molecule has 3 heteroatoms. The average Bonchev–Trinajstić information content (AvgIpc) is 2.27. The Hall–Kier alpha value is -1.48. The van der Waals surface area contributed by atoms with E-state index in [1.165, 1.54) is 0 Å². The molecule has 0 aliphatic heterocycles. The smallest absolute Gasteiger partial charge is 0.126 e. The molecule has 1 aromatic rings. The van der Waals surface area contributed by atoms with Crippen molar-refractivity contribution in [2.75, 3.05) is 20.8 Å². The van der Waals surface area contributed by atoms with Gasteiger partial charge in [-0.15, -0.1) is 0 Å². The highest BCUT2D eigenvalue weighted by Crippen LogP contribution is 2.28. The quantitative estimate of drug-likeness (QED) is 0.821. The molecule has 0 heterocycles. The Labute approximate surface area is 90.5 Å². The second-order valence-electron chi connectivity index (χ2n) is 3.18. The maximum Gasteiger partial charge on any atom is 0.126 e. The summed E-state index contributed by atoms with van der Waals surface area (Å²) in [5.41, 5.74) is 7.57. The molecule has 0 fully saturated rings. The first kappa shape index (κ1) is 11.6. The van der Waals surface area contributed by atoms with Gasteiger partial charge in [0.2, 0.25) is 0 Å². The Bertz CT molecular complexity index is 359. The molecule has 0 saturated carbocycles. The van der Waals surface area contributed by atoms with Gasteiger partial charge in [-0.1, -0.05) is 12.2 Å². The van der Waals surface area contributed by atoms with E-state index in [-0.39, 0.29) is 0 Å². The van der Waals surface area contributed by atoms with E-state index in [0.29, 0.717) is 6.54 Å². The zero-order chi connectivity index (χ0) is 11.3. The minimum atomic E-state index is 0.527. The number of nitrogens with two attached hydrogens (primary N) is 1. The van der Waals surface area contributed by atoms with Crippen LogP contribution in [-0.4, -0.2) is 20.8 Å². The lowest BCUT2D eigenvalue weighted by Gasteiger charge is -2.10. The molecule has 1 rings (SSSR count). The Morgan fingerprint density at radius 1 is 1.27 bits per heavy atom. The van der Waals surface area contributed by atoms with Crippen molar-refractivity contribution in [1.29, 1.82) is 0 Å². The summed E-state index contributed by atoms with van der Waals surface area (Å²) in [4.78, 5) is 0. The van der Waals surface area contributed by atoms with E-state index in [9.17, 15) is 0 Å². The normalized spacial score (nSPS) is 10.7. The van der Waals surface area contributed by atoms with Crippen LogP contribution in [0.2, 0.25) is 0 Å². The molecule has 0 atom stereocenters. The first-order valence-electron chi connectivity index (χ1n) is 4.82. The standard InChI is InChI=1S/C12H17NO2/c1-9-10(5-4-6-13)7-11(14-2)8-12(9)15-3/h4-5,7-8H,6,13H2,1-3H3/b5-4+. The highest BCUT2D eigenvalue weighted by atomic mass is 16.5. The van der Waals surface area contributed by atoms with Crippen LogP contribution in [0.15, 0.2) is 18.2 Å². The lowest BCUT2D eigenvalue weighted by atomic mass is 10.1. The van der Waals surface area contributed by atoms with Crippen LogP contribution in [0.25, 0.3) is 6.08 Å². The van der Waals surface area contributed by atoms with Gasteiger partial charge in [-0.05, 0) is 24.1 Å². The average molecular weight is 207 g/mol. The van der Waals surface area contributed by atoms with Crippen LogP contribution in [0.5, 0.6) is 11.5 Å². The first-order chi connectivity index (χ1) is 7.22. The Morgan fingerprint density at radius 2 is 2.00 bits per heavy atom. The van der Waals surface area contributed by atoms with Crippen molar-refractivity contribution in [3.8, 4) is 11.5 Å². The van der Waals surface area contributed by atoms with Gasteiger partial charge in [0.15, 0.2) is 0 Å². The van der Waals surface area contributed by atoms with E-state index in [1.807, 2.05) is 31.2 Å². The van der Waals surface area contributed by atoms with Crippen LogP contribution >= 0.6 is 0 Å². The molecular weight excluding hydrogens is 190 g/mol. The summed E-state index contributed by atoms with van der Waals surface area (Å²) in [5.74, 6) is 1.61. The fourth-order valence-corrected chi connectivity index (χ4v) is 1.38. The summed E-state index contributed by atoms with van der Waals surface area (Å²) in [5, 5.41) is 0. The van der Waals surface area contributed by atoms with Crippen molar-refractivity contribution in [3.05, 3.63) is 29.3 Å². The van der Waals surface area contributed by atoms with Gasteiger partial charge >= 0.3 is 0 Å². The number of benzene rings is 1. The second-order valence-corrected chi connectivity index (χ2v) is 3.18. The van der Waals surface area contributed by atoms with Crippen molar-refractivity contribution < 1.29 is 9.47 Å². The third-order valence-corrected chi connectivity index (χ3v) is 2.26. The van der Waals surface area contributed by atoms with Crippen LogP contribution in [0.3, 0.4) is 0 Å². The Balaban J connectivity index is 3.17. The molecule has 3 nitrogen and oxygen atoms in total. The molecule has 0 aliphatic rings. The predicted octanol–water partition coefficient (Wildman–Crippen LogP) is 1.98. The number of methoxy groups -OCH3 is 2. The van der Waals surface area contributed by atoms with Crippen LogP contribution in [0, 0.1) is 6.92 Å². The molecule has 1 aromatic carbocycles. The zero-order valence-corrected chi connectivity index (χ0v) is 9.41. The number of rotatable bonds is 4. The molecule has 0 aromatic heterocycles. The topological polar surface area (TPSA) is 44.5 Å². The minimum absolute atomic E-state index is 0.527. The number of hydrogen-bond acceptors (Lipinski definition) is 3. The largest absolute Gasteiger partial charge is 0.497 e. The van der Waals surface area contributed by atoms with Crippen molar-refractivity contribution in [1.82, 2.24) is 0 Å². The van der Waals surface area contributed by atoms with E-state index in [4.69, 9.17) is 15.2 Å². The summed E-state index contributed by atoms with van der Waals surface area (Å²) in [7, 11) is 3.29. The van der Waals surface area contributed by atoms with Crippen molar-refractivity contribution in [2.24, 2.45) is 5.73 Å². The molecule has 82 valence electrons. The predicted molar refractivity (Wildman–Crippen MR) is 62.4 cm³/mol. The highest BCUT2D eigenvalue weighted by Gasteiger charge is 2.05. The summed E-state index contributed by atoms with van der Waals surface area (Å²) in [6.07, 6.45) is 3.88. The monoisotopic (exact) mass is 207 g/mol. The van der Waals surface area contributed by atoms with E-state index in [0.717, 1.165) is 22.6 Å². The number of hydrogen-bond donors (Lipinski definition) is 1. The minimum Gasteiger partial charge on any atom is -0.497 e. The van der Waals surface area contributed by atoms with E-state index < -0.39 is 0 Å². The third-order valence-electron chi connectivity index (χ3n) is 2.26. The Kier molecular flexibility index (Phi) is 4.18. The van der Waals surface area contributed by atoms with Crippen molar-refractivity contribution in [3.63, 3.8) is 0 Å². The van der Waals surface area contributed by atoms with Gasteiger partial charge in [0.1, 0.15) is 11.5 Å². The summed E-state index contributed by atoms with van der Waals surface area (Å²) >= 11 is 0. The van der Waals surface area contributed by atoms with E-state index >= 15 is 0 Å². The molecule has 0 saturated heterocycles. The molecule has 0 amide bonds. The number of ether oxygens (including phenoxy) is 2. The second kappa shape index (κ2) is 5.41. The molecular formula is C12H17NO2. The van der Waals surface area contributed by atoms with E-state index in [1.54, 1.807) is 14.2 Å². The van der Waals surface area contributed by atoms with Gasteiger partial charge in [-0.25, -0.2) is 0 Å². The first-order valence-corrected chi connectivity index (χ1v) is 4.82. The lowest BCUT2D eigenvalue weighted by molar-refractivity contribution is 0.392. The highest BCUT2D eigenvalue weighted by molar-refractivity contribution is 5.60. The van der Waals surface area contributed by atoms with Gasteiger partial charge in [0, 0.05) is 12.6 Å². The SMILES string of the molecule is COc1cc(/C=C/CN)c(C)c(OC)c1. The van der Waals surface area contributed by atoms with Crippen LogP contribution in [-0.2, 0) is 0 Å². The third kappa shape index (κ3) is 2.73. The summed E-state index contributed by atoms with van der Waals surface area (Å²) < 4.78 is 10.5. The molecule has 0 unspecified atom stereocenters. The Morgan fingerprint density at radius 3 is 2.53 bits per heavy atom. The van der Waals surface area contributed by atoms with Crippen molar-refractivity contribution in [2.45, 2.75) is 6.92 Å². The fourth-order valence-electron chi connectivity index (χ4n) is 1.38. The van der Waals surface area contributed by atoms with Crippen molar-refractivity contribution >= 4 is 6.08 Å². The molecule has 0 bridgehead atoms. The molecule has 2 N–H and O–H groups in total. The van der Waals surface area contributed by atoms with E-state index in [2.05, 4.69) is 0 Å². The van der Waals surface area contributed by atoms with Gasteiger partial charge < -0.3 is 15.2 Å². The maximum absolute atomic E-state index is 5.42. The van der Waals surface area contributed by atoms with Gasteiger partial charge in [0.05, 0.1) is 14.2 Å². The molecule has 0 radical (unpaired) electrons. The fraction of sp³-hybridized carbons (Fsp3) is 0.333. The summed E-state index contributed by atoms with van der Waals surface area (Å²) in [6, 6.07) is 3.83. The summed E-state index contributed by atoms with van der Waals surface area (Å²) in [6.45, 7) is 2.54. The molecule has 15 heavy (non-hydrogen) atoms. The molecule has 0 aliphatic carbocycles. The van der Waals surface area contributed by atoms with Gasteiger partial charge in [0.25, 0.3) is 0 Å². The van der Waals surface area contributed by atoms with Crippen LogP contribution in [0.4, 0.5) is 0 Å².